The summed E-state index contributed by atoms with van der Waals surface area (Å²) >= 11 is 0. The summed E-state index contributed by atoms with van der Waals surface area (Å²) in [4.78, 5) is 12.1. The van der Waals surface area contributed by atoms with Crippen molar-refractivity contribution in [2.45, 2.75) is 40.2 Å². The lowest BCUT2D eigenvalue weighted by Crippen LogP contribution is -2.54. The molecular formula is C23H31NO5. The van der Waals surface area contributed by atoms with Crippen molar-refractivity contribution < 1.29 is 23.7 Å². The van der Waals surface area contributed by atoms with Gasteiger partial charge >= 0.3 is 6.09 Å². The van der Waals surface area contributed by atoms with Crippen molar-refractivity contribution in [1.29, 1.82) is 0 Å². The van der Waals surface area contributed by atoms with Crippen LogP contribution in [0.5, 0.6) is 11.5 Å². The average molecular weight is 402 g/mol. The molecule has 0 unspecified atom stereocenters. The van der Waals surface area contributed by atoms with Gasteiger partial charge in [-0.3, -0.25) is 0 Å². The Kier molecular flexibility index (Phi) is 5.47. The van der Waals surface area contributed by atoms with Crippen LogP contribution in [0.4, 0.5) is 4.79 Å². The quantitative estimate of drug-likeness (QED) is 0.738. The van der Waals surface area contributed by atoms with Gasteiger partial charge in [0.1, 0.15) is 6.61 Å². The van der Waals surface area contributed by atoms with E-state index in [1.54, 1.807) is 0 Å². The van der Waals surface area contributed by atoms with Crippen molar-refractivity contribution in [2.24, 2.45) is 23.2 Å². The number of alkyl carbamates (subject to hydrolysis) is 1. The molecule has 158 valence electrons. The second kappa shape index (κ2) is 7.90. The molecule has 2 bridgehead atoms. The SMILES string of the molecule is CCCNC(=O)OC[C@@]12CO[C@@H](c3ccc4c(c3)OCO4)[C@@H](C(C)=C[C@@H]1C)[C@@H]2C. The van der Waals surface area contributed by atoms with Gasteiger partial charge in [0.2, 0.25) is 6.79 Å². The fraction of sp³-hybridized carbons (Fsp3) is 0.609. The molecule has 6 heteroatoms. The Bertz CT molecular complexity index is 806. The first-order chi connectivity index (χ1) is 14.0. The molecule has 0 aromatic heterocycles. The number of hydrogen-bond acceptors (Lipinski definition) is 5. The number of rotatable bonds is 5. The lowest BCUT2D eigenvalue weighted by Gasteiger charge is -2.55. The maximum absolute atomic E-state index is 12.1. The molecular weight excluding hydrogens is 370 g/mol. The van der Waals surface area contributed by atoms with Crippen LogP contribution in [0.2, 0.25) is 0 Å². The van der Waals surface area contributed by atoms with Gasteiger partial charge in [-0.1, -0.05) is 38.5 Å². The molecule has 6 nitrogen and oxygen atoms in total. The van der Waals surface area contributed by atoms with Gasteiger partial charge in [-0.15, -0.1) is 0 Å². The molecule has 1 N–H and O–H groups in total. The largest absolute Gasteiger partial charge is 0.454 e. The third-order valence-corrected chi connectivity index (χ3v) is 6.97. The summed E-state index contributed by atoms with van der Waals surface area (Å²) in [5, 5.41) is 2.80. The van der Waals surface area contributed by atoms with Gasteiger partial charge in [0.05, 0.1) is 12.7 Å². The molecule has 3 aliphatic rings. The zero-order valence-corrected chi connectivity index (χ0v) is 17.7. The summed E-state index contributed by atoms with van der Waals surface area (Å²) in [7, 11) is 0. The topological polar surface area (TPSA) is 66.0 Å². The number of nitrogens with one attached hydrogen (secondary N) is 1. The summed E-state index contributed by atoms with van der Waals surface area (Å²) in [5.74, 6) is 2.36. The number of allylic oxidation sites excluding steroid dienone is 1. The van der Waals surface area contributed by atoms with E-state index in [9.17, 15) is 4.79 Å². The molecule has 2 aliphatic heterocycles. The second-order valence-corrected chi connectivity index (χ2v) is 8.59. The third kappa shape index (κ3) is 3.48. The van der Waals surface area contributed by atoms with Gasteiger partial charge in [-0.2, -0.15) is 0 Å². The highest BCUT2D eigenvalue weighted by Crippen LogP contribution is 2.56. The van der Waals surface area contributed by atoms with Crippen LogP contribution < -0.4 is 14.8 Å². The van der Waals surface area contributed by atoms with Gasteiger partial charge in [0.25, 0.3) is 0 Å². The van der Waals surface area contributed by atoms with Crippen molar-refractivity contribution in [3.8, 4) is 11.5 Å². The van der Waals surface area contributed by atoms with Crippen LogP contribution in [0.3, 0.4) is 0 Å². The average Bonchev–Trinajstić information content (AvgIpc) is 3.17. The summed E-state index contributed by atoms with van der Waals surface area (Å²) in [6, 6.07) is 6.06. The first kappa shape index (κ1) is 20.1. The normalized spacial score (nSPS) is 32.5. The molecule has 1 saturated heterocycles. The maximum Gasteiger partial charge on any atom is 0.407 e. The smallest absolute Gasteiger partial charge is 0.407 e. The third-order valence-electron chi connectivity index (χ3n) is 6.97. The van der Waals surface area contributed by atoms with Crippen LogP contribution in [0.15, 0.2) is 29.8 Å². The molecule has 1 fully saturated rings. The number of ether oxygens (including phenoxy) is 4. The van der Waals surface area contributed by atoms with Gasteiger partial charge in [0, 0.05) is 17.9 Å². The first-order valence-corrected chi connectivity index (χ1v) is 10.6. The minimum Gasteiger partial charge on any atom is -0.454 e. The molecule has 1 aromatic rings. The highest BCUT2D eigenvalue weighted by molar-refractivity contribution is 5.67. The summed E-state index contributed by atoms with van der Waals surface area (Å²) < 4.78 is 23.1. The monoisotopic (exact) mass is 401 g/mol. The zero-order valence-electron chi connectivity index (χ0n) is 17.7. The van der Waals surface area contributed by atoms with E-state index in [2.05, 4.69) is 38.2 Å². The Balaban J connectivity index is 1.57. The standard InChI is InChI=1S/C23H31NO5/c1-5-8-24-22(25)27-12-23-11-26-21(20(16(23)4)14(2)9-15(23)3)17-6-7-18-19(10-17)29-13-28-18/h6-7,9-10,15-16,20-21H,5,8,11-13H2,1-4H3,(H,24,25)/t15-,16-,20-,21-,23-/m0/s1. The van der Waals surface area contributed by atoms with Crippen LogP contribution in [-0.4, -0.2) is 32.6 Å². The van der Waals surface area contributed by atoms with Crippen molar-refractivity contribution in [3.63, 3.8) is 0 Å². The van der Waals surface area contributed by atoms with Crippen LogP contribution in [0.1, 0.15) is 45.8 Å². The maximum atomic E-state index is 12.1. The van der Waals surface area contributed by atoms with E-state index in [0.29, 0.717) is 25.7 Å². The number of benzene rings is 1. The van der Waals surface area contributed by atoms with Gasteiger partial charge < -0.3 is 24.3 Å². The van der Waals surface area contributed by atoms with Crippen molar-refractivity contribution >= 4 is 6.09 Å². The van der Waals surface area contributed by atoms with E-state index in [0.717, 1.165) is 23.5 Å². The number of carbonyl (C=O) groups excluding carboxylic acids is 1. The van der Waals surface area contributed by atoms with Crippen LogP contribution in [0.25, 0.3) is 0 Å². The van der Waals surface area contributed by atoms with Crippen molar-refractivity contribution in [3.05, 3.63) is 35.4 Å². The van der Waals surface area contributed by atoms with Crippen molar-refractivity contribution in [1.82, 2.24) is 5.32 Å². The summed E-state index contributed by atoms with van der Waals surface area (Å²) in [5.41, 5.74) is 2.21. The molecule has 1 aromatic carbocycles. The number of carbonyl (C=O) groups is 1. The van der Waals surface area contributed by atoms with E-state index in [-0.39, 0.29) is 36.2 Å². The minimum atomic E-state index is -0.346. The molecule has 29 heavy (non-hydrogen) atoms. The predicted octanol–water partition coefficient (Wildman–Crippen LogP) is 4.46. The highest BCUT2D eigenvalue weighted by atomic mass is 16.7. The Morgan fingerprint density at radius 3 is 2.86 bits per heavy atom. The molecule has 0 radical (unpaired) electrons. The second-order valence-electron chi connectivity index (χ2n) is 8.59. The lowest BCUT2D eigenvalue weighted by atomic mass is 9.56. The van der Waals surface area contributed by atoms with Crippen molar-refractivity contribution in [2.75, 3.05) is 26.6 Å². The molecule has 1 amide bonds. The number of hydrogen-bond donors (Lipinski definition) is 1. The molecule has 5 atom stereocenters. The first-order valence-electron chi connectivity index (χ1n) is 10.6. The molecule has 0 spiro atoms. The number of amides is 1. The van der Waals surface area contributed by atoms with E-state index >= 15 is 0 Å². The Morgan fingerprint density at radius 2 is 2.07 bits per heavy atom. The van der Waals surface area contributed by atoms with Crippen LogP contribution in [-0.2, 0) is 9.47 Å². The van der Waals surface area contributed by atoms with Gasteiger partial charge in [-0.25, -0.2) is 4.79 Å². The Morgan fingerprint density at radius 1 is 1.28 bits per heavy atom. The van der Waals surface area contributed by atoms with E-state index in [1.165, 1.54) is 5.57 Å². The minimum absolute atomic E-state index is 0.0507. The highest BCUT2D eigenvalue weighted by Gasteiger charge is 2.54. The fourth-order valence-electron chi connectivity index (χ4n) is 5.13. The molecule has 1 aliphatic carbocycles. The fourth-order valence-corrected chi connectivity index (χ4v) is 5.13. The molecule has 4 rings (SSSR count). The van der Waals surface area contributed by atoms with E-state index < -0.39 is 0 Å². The van der Waals surface area contributed by atoms with E-state index in [1.807, 2.05) is 19.1 Å². The summed E-state index contributed by atoms with van der Waals surface area (Å²) in [6.07, 6.45) is 2.82. The van der Waals surface area contributed by atoms with Crippen LogP contribution >= 0.6 is 0 Å². The van der Waals surface area contributed by atoms with Gasteiger partial charge in [0.15, 0.2) is 11.5 Å². The Labute approximate surface area is 172 Å². The number of fused-ring (bicyclic) bond motifs is 3. The lowest BCUT2D eigenvalue weighted by molar-refractivity contribution is -0.165. The van der Waals surface area contributed by atoms with Gasteiger partial charge in [-0.05, 0) is 42.9 Å². The predicted molar refractivity (Wildman–Crippen MR) is 109 cm³/mol. The van der Waals surface area contributed by atoms with Crippen LogP contribution in [0, 0.1) is 23.2 Å². The molecule has 2 heterocycles. The summed E-state index contributed by atoms with van der Waals surface area (Å²) in [6.45, 7) is 10.5. The zero-order chi connectivity index (χ0) is 20.6. The Hall–Kier alpha value is -2.21. The van der Waals surface area contributed by atoms with E-state index in [4.69, 9.17) is 18.9 Å². The molecule has 0 saturated carbocycles.